The molecule has 0 bridgehead atoms. The van der Waals surface area contributed by atoms with Crippen molar-refractivity contribution >= 4 is 11.9 Å². The Morgan fingerprint density at radius 3 is 1.65 bits per heavy atom. The van der Waals surface area contributed by atoms with Gasteiger partial charge in [0.15, 0.2) is 18.9 Å². The molecule has 0 saturated carbocycles. The summed E-state index contributed by atoms with van der Waals surface area (Å²) in [4.78, 5) is 21.9. The second-order valence-electron chi connectivity index (χ2n) is 7.09. The van der Waals surface area contributed by atoms with Gasteiger partial charge in [0.2, 0.25) is 0 Å². The summed E-state index contributed by atoms with van der Waals surface area (Å²) < 4.78 is 131. The standard InChI is InChI=1S/C19H25F8NO6/c1-6-12(29)31-10-15(20,21)14(5,8-3)33-19(26,27)18(24,25)16(28,9-4)34-17(22,23)11-32-13(30)7-2/h6-7H,1-2,8-11,28H2,3-5H3. The van der Waals surface area contributed by atoms with E-state index in [0.29, 0.717) is 26.0 Å². The highest BCUT2D eigenvalue weighted by atomic mass is 19.3. The van der Waals surface area contributed by atoms with Crippen LogP contribution in [0, 0.1) is 0 Å². The number of ether oxygens (including phenoxy) is 4. The van der Waals surface area contributed by atoms with Crippen molar-refractivity contribution in [2.75, 3.05) is 13.2 Å². The minimum Gasteiger partial charge on any atom is -0.456 e. The lowest BCUT2D eigenvalue weighted by molar-refractivity contribution is -0.453. The predicted molar refractivity (Wildman–Crippen MR) is 100 cm³/mol. The van der Waals surface area contributed by atoms with E-state index in [-0.39, 0.29) is 0 Å². The quantitative estimate of drug-likeness (QED) is 0.151. The molecule has 0 radical (unpaired) electrons. The molecule has 0 rings (SSSR count). The van der Waals surface area contributed by atoms with Crippen molar-refractivity contribution in [1.29, 1.82) is 0 Å². The highest BCUT2D eigenvalue weighted by Gasteiger charge is 2.74. The summed E-state index contributed by atoms with van der Waals surface area (Å²) >= 11 is 0. The normalized spacial score (nSPS) is 16.7. The highest BCUT2D eigenvalue weighted by Crippen LogP contribution is 2.50. The number of carbonyl (C=O) groups excluding carboxylic acids is 2. The van der Waals surface area contributed by atoms with Crippen molar-refractivity contribution < 1.29 is 63.7 Å². The van der Waals surface area contributed by atoms with E-state index < -0.39 is 73.4 Å². The zero-order valence-electron chi connectivity index (χ0n) is 18.4. The van der Waals surface area contributed by atoms with E-state index in [4.69, 9.17) is 5.73 Å². The van der Waals surface area contributed by atoms with Crippen LogP contribution in [0.4, 0.5) is 35.1 Å². The van der Waals surface area contributed by atoms with Gasteiger partial charge >= 0.3 is 36.0 Å². The fourth-order valence-corrected chi connectivity index (χ4v) is 2.24. The summed E-state index contributed by atoms with van der Waals surface area (Å²) in [7, 11) is 0. The molecule has 2 N–H and O–H groups in total. The van der Waals surface area contributed by atoms with Gasteiger partial charge in [-0.3, -0.25) is 10.5 Å². The van der Waals surface area contributed by atoms with Crippen LogP contribution < -0.4 is 5.73 Å². The van der Waals surface area contributed by atoms with Crippen LogP contribution in [0.15, 0.2) is 25.3 Å². The lowest BCUT2D eigenvalue weighted by Crippen LogP contribution is -2.69. The number of hydrogen-bond donors (Lipinski definition) is 1. The Morgan fingerprint density at radius 1 is 0.824 bits per heavy atom. The van der Waals surface area contributed by atoms with Gasteiger partial charge in [-0.2, -0.15) is 35.1 Å². The van der Waals surface area contributed by atoms with Gasteiger partial charge in [-0.15, -0.1) is 0 Å². The Morgan fingerprint density at radius 2 is 1.26 bits per heavy atom. The SMILES string of the molecule is C=CC(=O)OCC(F)(F)OC(N)(CC)C(F)(F)C(F)(F)OC(C)(CC)C(F)(F)COC(=O)C=C. The molecule has 198 valence electrons. The van der Waals surface area contributed by atoms with Gasteiger partial charge in [0, 0.05) is 12.2 Å². The average Bonchev–Trinajstić information content (AvgIpc) is 2.74. The van der Waals surface area contributed by atoms with Crippen molar-refractivity contribution in [3.8, 4) is 0 Å². The summed E-state index contributed by atoms with van der Waals surface area (Å²) in [6.07, 6.45) is -12.2. The Labute approximate surface area is 189 Å². The number of carbonyl (C=O) groups is 2. The Kier molecular flexibility index (Phi) is 10.3. The van der Waals surface area contributed by atoms with E-state index in [0.717, 1.165) is 6.92 Å². The maximum Gasteiger partial charge on any atom is 0.424 e. The third kappa shape index (κ3) is 7.12. The zero-order chi connectivity index (χ0) is 27.2. The topological polar surface area (TPSA) is 97.1 Å². The first-order valence-electron chi connectivity index (χ1n) is 9.48. The first-order chi connectivity index (χ1) is 15.2. The molecule has 0 aromatic heterocycles. The van der Waals surface area contributed by atoms with E-state index >= 15 is 0 Å². The molecule has 7 nitrogen and oxygen atoms in total. The smallest absolute Gasteiger partial charge is 0.424 e. The molecule has 2 atom stereocenters. The number of nitrogens with two attached hydrogens (primary N) is 1. The van der Waals surface area contributed by atoms with Crippen molar-refractivity contribution in [2.45, 2.75) is 69.0 Å². The summed E-state index contributed by atoms with van der Waals surface area (Å²) in [6.45, 7) is 3.83. The molecule has 0 heterocycles. The number of esters is 2. The molecular formula is C19H25F8NO6. The van der Waals surface area contributed by atoms with Gasteiger partial charge in [-0.05, 0) is 19.8 Å². The fraction of sp³-hybridized carbons (Fsp3) is 0.684. The fourth-order valence-electron chi connectivity index (χ4n) is 2.24. The molecule has 0 aliphatic heterocycles. The summed E-state index contributed by atoms with van der Waals surface area (Å²) in [5, 5.41) is 0. The second-order valence-corrected chi connectivity index (χ2v) is 7.09. The molecule has 0 aliphatic rings. The zero-order valence-corrected chi connectivity index (χ0v) is 18.4. The number of hydrogen-bond acceptors (Lipinski definition) is 7. The minimum atomic E-state index is -5.91. The molecule has 0 aromatic rings. The monoisotopic (exact) mass is 515 g/mol. The molecule has 2 unspecified atom stereocenters. The van der Waals surface area contributed by atoms with Gasteiger partial charge < -0.3 is 14.2 Å². The Bertz CT molecular complexity index is 763. The maximum atomic E-state index is 14.7. The average molecular weight is 515 g/mol. The summed E-state index contributed by atoms with van der Waals surface area (Å²) in [5.74, 6) is -13.1. The van der Waals surface area contributed by atoms with Crippen LogP contribution >= 0.6 is 0 Å². The van der Waals surface area contributed by atoms with Crippen LogP contribution in [0.25, 0.3) is 0 Å². The number of halogens is 8. The Balaban J connectivity index is 6.01. The van der Waals surface area contributed by atoms with E-state index in [1.807, 2.05) is 0 Å². The molecule has 0 aromatic carbocycles. The van der Waals surface area contributed by atoms with E-state index in [1.165, 1.54) is 0 Å². The molecule has 0 fully saturated rings. The van der Waals surface area contributed by atoms with Crippen LogP contribution in [0.5, 0.6) is 0 Å². The number of alkyl halides is 8. The molecule has 0 spiro atoms. The molecule has 15 heteroatoms. The summed E-state index contributed by atoms with van der Waals surface area (Å²) in [5.41, 5.74) is -2.57. The van der Waals surface area contributed by atoms with Crippen LogP contribution in [-0.4, -0.2) is 60.5 Å². The van der Waals surface area contributed by atoms with Gasteiger partial charge in [0.1, 0.15) is 5.60 Å². The molecule has 34 heavy (non-hydrogen) atoms. The van der Waals surface area contributed by atoms with Gasteiger partial charge in [-0.1, -0.05) is 27.0 Å². The third-order valence-electron chi connectivity index (χ3n) is 4.67. The van der Waals surface area contributed by atoms with Crippen molar-refractivity contribution in [2.24, 2.45) is 5.73 Å². The lowest BCUT2D eigenvalue weighted by atomic mass is 9.94. The largest absolute Gasteiger partial charge is 0.456 e. The molecule has 0 aliphatic carbocycles. The predicted octanol–water partition coefficient (Wildman–Crippen LogP) is 4.17. The van der Waals surface area contributed by atoms with E-state index in [9.17, 15) is 44.7 Å². The second kappa shape index (κ2) is 11.0. The van der Waals surface area contributed by atoms with Gasteiger partial charge in [0.05, 0.1) is 0 Å². The van der Waals surface area contributed by atoms with Crippen LogP contribution in [-0.2, 0) is 28.5 Å². The van der Waals surface area contributed by atoms with Crippen molar-refractivity contribution in [3.05, 3.63) is 25.3 Å². The van der Waals surface area contributed by atoms with Crippen molar-refractivity contribution in [3.63, 3.8) is 0 Å². The molecule has 0 saturated heterocycles. The van der Waals surface area contributed by atoms with Crippen LogP contribution in [0.1, 0.15) is 33.6 Å². The Hall–Kier alpha value is -2.26. The van der Waals surface area contributed by atoms with Crippen LogP contribution in [0.3, 0.4) is 0 Å². The van der Waals surface area contributed by atoms with Crippen LogP contribution in [0.2, 0.25) is 0 Å². The van der Waals surface area contributed by atoms with Gasteiger partial charge in [0.25, 0.3) is 0 Å². The highest BCUT2D eigenvalue weighted by molar-refractivity contribution is 5.81. The molecular weight excluding hydrogens is 490 g/mol. The minimum absolute atomic E-state index is 0.313. The first-order valence-corrected chi connectivity index (χ1v) is 9.48. The van der Waals surface area contributed by atoms with Gasteiger partial charge in [-0.25, -0.2) is 9.59 Å². The maximum absolute atomic E-state index is 14.7. The summed E-state index contributed by atoms with van der Waals surface area (Å²) in [6, 6.07) is 0. The van der Waals surface area contributed by atoms with Crippen molar-refractivity contribution in [1.82, 2.24) is 0 Å². The molecule has 0 amide bonds. The van der Waals surface area contributed by atoms with E-state index in [1.54, 1.807) is 0 Å². The number of rotatable bonds is 15. The first kappa shape index (κ1) is 31.7. The third-order valence-corrected chi connectivity index (χ3v) is 4.67. The lowest BCUT2D eigenvalue weighted by Gasteiger charge is -2.45. The van der Waals surface area contributed by atoms with E-state index in [2.05, 4.69) is 32.1 Å².